The summed E-state index contributed by atoms with van der Waals surface area (Å²) in [5.41, 5.74) is -0.972. The van der Waals surface area contributed by atoms with Crippen molar-refractivity contribution in [2.75, 3.05) is 0 Å². The Morgan fingerprint density at radius 3 is 2.29 bits per heavy atom. The fourth-order valence-electron chi connectivity index (χ4n) is 1.97. The van der Waals surface area contributed by atoms with E-state index in [2.05, 4.69) is 10.3 Å². The molecule has 2 rings (SSSR count). The van der Waals surface area contributed by atoms with Gasteiger partial charge < -0.3 is 10.3 Å². The molecule has 1 heterocycles. The van der Waals surface area contributed by atoms with Crippen molar-refractivity contribution in [2.45, 2.75) is 16.9 Å². The maximum atomic E-state index is 12.3. The van der Waals surface area contributed by atoms with Gasteiger partial charge in [0, 0.05) is 22.3 Å². The summed E-state index contributed by atoms with van der Waals surface area (Å²) in [5.74, 6) is -0.644. The minimum atomic E-state index is -2.14. The Morgan fingerprint density at radius 1 is 1.21 bits per heavy atom. The van der Waals surface area contributed by atoms with Gasteiger partial charge in [0.2, 0.25) is 3.79 Å². The van der Waals surface area contributed by atoms with E-state index in [0.717, 1.165) is 6.07 Å². The van der Waals surface area contributed by atoms with Gasteiger partial charge in [-0.25, -0.2) is 9.36 Å². The number of aromatic nitrogens is 2. The lowest BCUT2D eigenvalue weighted by Gasteiger charge is -2.26. The van der Waals surface area contributed by atoms with Crippen molar-refractivity contribution in [2.24, 2.45) is 0 Å². The zero-order valence-corrected chi connectivity index (χ0v) is 15.2. The maximum absolute atomic E-state index is 12.3. The Kier molecular flexibility index (Phi) is 5.65. The highest BCUT2D eigenvalue weighted by atomic mass is 35.6. The number of hydrogen-bond donors (Lipinski definition) is 2. The average molecular weight is 411 g/mol. The van der Waals surface area contributed by atoms with Crippen molar-refractivity contribution >= 4 is 52.3 Å². The number of carbonyl (C=O) groups excluding carboxylic acids is 1. The van der Waals surface area contributed by atoms with Crippen molar-refractivity contribution in [3.05, 3.63) is 67.4 Å². The van der Waals surface area contributed by atoms with Crippen molar-refractivity contribution in [3.8, 4) is 0 Å². The lowest BCUT2D eigenvalue weighted by Crippen LogP contribution is -2.50. The van der Waals surface area contributed by atoms with Crippen LogP contribution < -0.4 is 16.6 Å². The molecule has 2 aromatic rings. The van der Waals surface area contributed by atoms with Crippen molar-refractivity contribution < 1.29 is 4.79 Å². The molecule has 0 aliphatic carbocycles. The summed E-state index contributed by atoms with van der Waals surface area (Å²) in [6.45, 7) is 1.53. The Hall–Kier alpha value is -1.47. The number of amides is 1. The predicted molar refractivity (Wildman–Crippen MR) is 94.3 cm³/mol. The highest BCUT2D eigenvalue weighted by molar-refractivity contribution is 6.67. The zero-order valence-electron chi connectivity index (χ0n) is 12.1. The lowest BCUT2D eigenvalue weighted by molar-refractivity contribution is 0.0918. The number of aryl methyl sites for hydroxylation is 1. The molecule has 1 atom stereocenters. The molecule has 1 amide bonds. The van der Waals surface area contributed by atoms with Gasteiger partial charge in [-0.2, -0.15) is 0 Å². The van der Waals surface area contributed by atoms with Gasteiger partial charge in [0.25, 0.3) is 11.5 Å². The van der Waals surface area contributed by atoms with Crippen molar-refractivity contribution in [1.82, 2.24) is 14.9 Å². The van der Waals surface area contributed by atoms with E-state index in [1.54, 1.807) is 0 Å². The first-order chi connectivity index (χ1) is 11.1. The van der Waals surface area contributed by atoms with Gasteiger partial charge >= 0.3 is 5.69 Å². The van der Waals surface area contributed by atoms with Crippen LogP contribution in [0.3, 0.4) is 0 Å². The van der Waals surface area contributed by atoms with E-state index < -0.39 is 27.1 Å². The quantitative estimate of drug-likeness (QED) is 0.763. The van der Waals surface area contributed by atoms with Gasteiger partial charge in [-0.15, -0.1) is 0 Å². The SMILES string of the molecule is Cc1cc(=O)n(C(NC(=O)c2ccc(Cl)cc2)C(Cl)(Cl)Cl)c(=O)[nH]1. The molecule has 10 heteroatoms. The van der Waals surface area contributed by atoms with Gasteiger partial charge in [0.1, 0.15) is 0 Å². The summed E-state index contributed by atoms with van der Waals surface area (Å²) in [4.78, 5) is 38.9. The first-order valence-corrected chi connectivity index (χ1v) is 8.06. The van der Waals surface area contributed by atoms with Crippen LogP contribution in [-0.4, -0.2) is 19.3 Å². The molecule has 0 aliphatic heterocycles. The molecule has 0 saturated carbocycles. The lowest BCUT2D eigenvalue weighted by atomic mass is 10.2. The number of nitrogens with zero attached hydrogens (tertiary/aromatic N) is 1. The van der Waals surface area contributed by atoms with Crippen LogP contribution in [0.2, 0.25) is 5.02 Å². The van der Waals surface area contributed by atoms with E-state index in [9.17, 15) is 14.4 Å². The largest absolute Gasteiger partial charge is 0.330 e. The van der Waals surface area contributed by atoms with E-state index in [1.165, 1.54) is 31.2 Å². The molecule has 24 heavy (non-hydrogen) atoms. The van der Waals surface area contributed by atoms with Crippen LogP contribution in [0.1, 0.15) is 22.2 Å². The molecule has 1 aromatic heterocycles. The number of H-pyrrole nitrogens is 1. The van der Waals surface area contributed by atoms with Crippen LogP contribution in [0.15, 0.2) is 39.9 Å². The Morgan fingerprint density at radius 2 is 1.79 bits per heavy atom. The molecule has 1 unspecified atom stereocenters. The first-order valence-electron chi connectivity index (χ1n) is 6.55. The Balaban J connectivity index is 2.45. The number of aromatic amines is 1. The van der Waals surface area contributed by atoms with Gasteiger partial charge in [-0.1, -0.05) is 46.4 Å². The van der Waals surface area contributed by atoms with Crippen molar-refractivity contribution in [1.29, 1.82) is 0 Å². The standard InChI is InChI=1S/C14H11Cl4N3O3/c1-7-6-10(22)21(13(24)19-7)12(14(16,17)18)20-11(23)8-2-4-9(15)5-3-8/h2-6,12H,1H3,(H,19,24)(H,20,23). The Bertz CT molecular complexity index is 837. The summed E-state index contributed by atoms with van der Waals surface area (Å²) >= 11 is 23.3. The van der Waals surface area contributed by atoms with E-state index >= 15 is 0 Å². The fraction of sp³-hybridized carbons (Fsp3) is 0.214. The van der Waals surface area contributed by atoms with E-state index in [0.29, 0.717) is 15.3 Å². The van der Waals surface area contributed by atoms with Crippen LogP contribution in [0.25, 0.3) is 0 Å². The molecular formula is C14H11Cl4N3O3. The van der Waals surface area contributed by atoms with Crippen LogP contribution in [0.4, 0.5) is 0 Å². The summed E-state index contributed by atoms with van der Waals surface area (Å²) in [7, 11) is 0. The van der Waals surface area contributed by atoms with E-state index in [-0.39, 0.29) is 5.56 Å². The number of hydrogen-bond acceptors (Lipinski definition) is 3. The Labute approximate surface area is 156 Å². The fourth-order valence-corrected chi connectivity index (χ4v) is 2.55. The maximum Gasteiger partial charge on any atom is 0.330 e. The molecule has 1 aromatic carbocycles. The van der Waals surface area contributed by atoms with E-state index in [1.807, 2.05) is 0 Å². The third kappa shape index (κ3) is 4.33. The molecule has 128 valence electrons. The van der Waals surface area contributed by atoms with Gasteiger partial charge in [-0.05, 0) is 31.2 Å². The van der Waals surface area contributed by atoms with Gasteiger partial charge in [0.15, 0.2) is 6.17 Å². The number of rotatable bonds is 3. The van der Waals surface area contributed by atoms with Gasteiger partial charge in [0.05, 0.1) is 0 Å². The second kappa shape index (κ2) is 7.19. The summed E-state index contributed by atoms with van der Waals surface area (Å²) < 4.78 is -1.51. The molecule has 0 spiro atoms. The molecule has 0 saturated heterocycles. The molecule has 0 aliphatic rings. The number of halogens is 4. The number of carbonyl (C=O) groups is 1. The van der Waals surface area contributed by atoms with E-state index in [4.69, 9.17) is 46.4 Å². The topological polar surface area (TPSA) is 84.0 Å². The second-order valence-corrected chi connectivity index (χ2v) is 7.70. The van der Waals surface area contributed by atoms with Gasteiger partial charge in [-0.3, -0.25) is 9.59 Å². The molecule has 2 N–H and O–H groups in total. The zero-order chi connectivity index (χ0) is 18.1. The summed E-state index contributed by atoms with van der Waals surface area (Å²) in [6.07, 6.45) is -1.51. The molecule has 0 bridgehead atoms. The highest BCUT2D eigenvalue weighted by Gasteiger charge is 2.37. The third-order valence-electron chi connectivity index (χ3n) is 3.04. The summed E-state index contributed by atoms with van der Waals surface area (Å²) in [5, 5.41) is 2.82. The smallest absolute Gasteiger partial charge is 0.328 e. The molecule has 6 nitrogen and oxygen atoms in total. The third-order valence-corrected chi connectivity index (χ3v) is 3.91. The minimum absolute atomic E-state index is 0.218. The van der Waals surface area contributed by atoms with Crippen LogP contribution in [-0.2, 0) is 0 Å². The minimum Gasteiger partial charge on any atom is -0.328 e. The monoisotopic (exact) mass is 409 g/mol. The highest BCUT2D eigenvalue weighted by Crippen LogP contribution is 2.35. The molecular weight excluding hydrogens is 400 g/mol. The average Bonchev–Trinajstić information content (AvgIpc) is 2.44. The molecule has 0 fully saturated rings. The second-order valence-electron chi connectivity index (χ2n) is 4.89. The normalized spacial score (nSPS) is 12.7. The number of nitrogens with one attached hydrogen (secondary N) is 2. The van der Waals surface area contributed by atoms with Crippen LogP contribution in [0.5, 0.6) is 0 Å². The van der Waals surface area contributed by atoms with Crippen molar-refractivity contribution in [3.63, 3.8) is 0 Å². The summed E-state index contributed by atoms with van der Waals surface area (Å²) in [6, 6.07) is 7.07. The van der Waals surface area contributed by atoms with Crippen LogP contribution >= 0.6 is 46.4 Å². The predicted octanol–water partition coefficient (Wildman–Crippen LogP) is 2.80. The molecule has 0 radical (unpaired) electrons. The first kappa shape index (κ1) is 18.9. The number of alkyl halides is 3. The number of benzene rings is 1. The van der Waals surface area contributed by atoms with Crippen LogP contribution in [0, 0.1) is 6.92 Å².